The van der Waals surface area contributed by atoms with Crippen molar-refractivity contribution >= 4 is 7.82 Å². The third-order valence-corrected chi connectivity index (χ3v) is 4.92. The van der Waals surface area contributed by atoms with Crippen molar-refractivity contribution in [3.8, 4) is 0 Å². The normalized spacial score (nSPS) is 11.5. The summed E-state index contributed by atoms with van der Waals surface area (Å²) >= 11 is 0. The summed E-state index contributed by atoms with van der Waals surface area (Å²) in [6.45, 7) is 20.0. The van der Waals surface area contributed by atoms with Crippen molar-refractivity contribution in [3.63, 3.8) is 0 Å². The maximum absolute atomic E-state index is 8.88. The lowest BCUT2D eigenvalue weighted by Crippen LogP contribution is -2.10. The van der Waals surface area contributed by atoms with Crippen LogP contribution in [0.2, 0.25) is 0 Å². The zero-order chi connectivity index (χ0) is 27.3. The van der Waals surface area contributed by atoms with Crippen LogP contribution in [0.1, 0.15) is 79.0 Å². The number of phosphoric acid groups is 1. The molecule has 0 spiro atoms. The third-order valence-electron chi connectivity index (χ3n) is 4.92. The molecule has 0 heterocycles. The van der Waals surface area contributed by atoms with Gasteiger partial charge >= 0.3 is 7.82 Å². The van der Waals surface area contributed by atoms with Gasteiger partial charge in [0.2, 0.25) is 0 Å². The molecule has 0 saturated carbocycles. The zero-order valence-electron chi connectivity index (χ0n) is 22.9. The fourth-order valence-electron chi connectivity index (χ4n) is 2.81. The first-order valence-electron chi connectivity index (χ1n) is 11.8. The van der Waals surface area contributed by atoms with Gasteiger partial charge in [-0.05, 0) is 32.9 Å². The Morgan fingerprint density at radius 2 is 0.571 bits per heavy atom. The Balaban J connectivity index is 0.000000453. The van der Waals surface area contributed by atoms with Crippen LogP contribution in [0, 0.1) is 0 Å². The summed E-state index contributed by atoms with van der Waals surface area (Å²) in [5.41, 5.74) is 5.07. The van der Waals surface area contributed by atoms with E-state index < -0.39 is 7.82 Å². The van der Waals surface area contributed by atoms with E-state index in [0.29, 0.717) is 16.2 Å². The summed E-state index contributed by atoms with van der Waals surface area (Å²) in [7, 11) is -4.64. The molecular formula is C30H45O4P. The Bertz CT molecular complexity index is 850. The van der Waals surface area contributed by atoms with Crippen molar-refractivity contribution in [1.29, 1.82) is 0 Å². The maximum Gasteiger partial charge on any atom is 0.466 e. The van der Waals surface area contributed by atoms with Crippen molar-refractivity contribution < 1.29 is 19.2 Å². The molecule has 0 bridgehead atoms. The Labute approximate surface area is 213 Å². The van der Waals surface area contributed by atoms with Gasteiger partial charge in [-0.1, -0.05) is 153 Å². The topological polar surface area (TPSA) is 77.8 Å². The van der Waals surface area contributed by atoms with Gasteiger partial charge in [0.05, 0.1) is 0 Å². The molecule has 3 rings (SSSR count). The molecule has 0 aliphatic carbocycles. The second-order valence-electron chi connectivity index (χ2n) is 11.4. The van der Waals surface area contributed by atoms with E-state index in [-0.39, 0.29) is 0 Å². The van der Waals surface area contributed by atoms with E-state index in [4.69, 9.17) is 19.2 Å². The fraction of sp³-hybridized carbons (Fsp3) is 0.400. The molecule has 0 amide bonds. The summed E-state index contributed by atoms with van der Waals surface area (Å²) in [5.74, 6) is 0. The van der Waals surface area contributed by atoms with Crippen LogP contribution in [0.3, 0.4) is 0 Å². The maximum atomic E-state index is 8.88. The standard InChI is InChI=1S/3C10H14.H3O4P/c3*1-10(2,3)9-7-5-4-6-8-9;1-5(2,3)4/h3*4-8H,1-3H3;(H3,1,2,3,4). The van der Waals surface area contributed by atoms with Crippen LogP contribution in [-0.4, -0.2) is 14.7 Å². The number of hydrogen-bond acceptors (Lipinski definition) is 1. The predicted molar refractivity (Wildman–Crippen MR) is 150 cm³/mol. The minimum atomic E-state index is -4.64. The van der Waals surface area contributed by atoms with Crippen LogP contribution < -0.4 is 0 Å². The van der Waals surface area contributed by atoms with E-state index in [0.717, 1.165) is 0 Å². The van der Waals surface area contributed by atoms with E-state index in [9.17, 15) is 0 Å². The average molecular weight is 501 g/mol. The number of benzene rings is 3. The van der Waals surface area contributed by atoms with Crippen molar-refractivity contribution in [2.45, 2.75) is 78.6 Å². The molecule has 5 heteroatoms. The molecule has 35 heavy (non-hydrogen) atoms. The Kier molecular flexibility index (Phi) is 13.4. The van der Waals surface area contributed by atoms with E-state index in [1.165, 1.54) is 16.7 Å². The van der Waals surface area contributed by atoms with Gasteiger partial charge in [0.25, 0.3) is 0 Å². The first-order valence-corrected chi connectivity index (χ1v) is 13.3. The highest BCUT2D eigenvalue weighted by atomic mass is 31.2. The molecular weight excluding hydrogens is 455 g/mol. The lowest BCUT2D eigenvalue weighted by molar-refractivity contribution is 0.275. The molecule has 194 valence electrons. The molecule has 4 nitrogen and oxygen atoms in total. The van der Waals surface area contributed by atoms with Crippen molar-refractivity contribution in [1.82, 2.24) is 0 Å². The second kappa shape index (κ2) is 14.4. The molecule has 0 aromatic heterocycles. The molecule has 0 aliphatic rings. The van der Waals surface area contributed by atoms with E-state index in [2.05, 4.69) is 153 Å². The second-order valence-corrected chi connectivity index (χ2v) is 12.4. The van der Waals surface area contributed by atoms with Gasteiger partial charge in [-0.25, -0.2) is 4.57 Å². The Hall–Kier alpha value is -2.23. The van der Waals surface area contributed by atoms with Crippen molar-refractivity contribution in [3.05, 3.63) is 108 Å². The first kappa shape index (κ1) is 32.8. The number of rotatable bonds is 0. The van der Waals surface area contributed by atoms with Crippen LogP contribution in [0.4, 0.5) is 0 Å². The van der Waals surface area contributed by atoms with Gasteiger partial charge in [0.15, 0.2) is 0 Å². The van der Waals surface area contributed by atoms with Crippen LogP contribution in [0.5, 0.6) is 0 Å². The van der Waals surface area contributed by atoms with Crippen LogP contribution >= 0.6 is 7.82 Å². The zero-order valence-corrected chi connectivity index (χ0v) is 23.8. The fourth-order valence-corrected chi connectivity index (χ4v) is 2.81. The van der Waals surface area contributed by atoms with Crippen molar-refractivity contribution in [2.75, 3.05) is 0 Å². The summed E-state index contributed by atoms with van der Waals surface area (Å²) < 4.78 is 8.88. The summed E-state index contributed by atoms with van der Waals surface area (Å²) in [6, 6.07) is 31.7. The van der Waals surface area contributed by atoms with Gasteiger partial charge in [0.1, 0.15) is 0 Å². The smallest absolute Gasteiger partial charge is 0.303 e. The molecule has 0 unspecified atom stereocenters. The highest BCUT2D eigenvalue weighted by molar-refractivity contribution is 7.45. The molecule has 3 aromatic carbocycles. The van der Waals surface area contributed by atoms with Gasteiger partial charge in [-0.15, -0.1) is 0 Å². The van der Waals surface area contributed by atoms with Gasteiger partial charge in [-0.2, -0.15) is 0 Å². The monoisotopic (exact) mass is 500 g/mol. The summed E-state index contributed by atoms with van der Waals surface area (Å²) in [6.07, 6.45) is 0. The molecule has 0 saturated heterocycles. The average Bonchev–Trinajstić information content (AvgIpc) is 2.74. The van der Waals surface area contributed by atoms with Gasteiger partial charge in [-0.3, -0.25) is 0 Å². The van der Waals surface area contributed by atoms with Gasteiger partial charge < -0.3 is 14.7 Å². The lowest BCUT2D eigenvalue weighted by Gasteiger charge is -2.18. The van der Waals surface area contributed by atoms with E-state index >= 15 is 0 Å². The highest BCUT2D eigenvalue weighted by Gasteiger charge is 2.12. The van der Waals surface area contributed by atoms with Crippen LogP contribution in [-0.2, 0) is 20.8 Å². The first-order chi connectivity index (χ1) is 15.8. The SMILES string of the molecule is CC(C)(C)c1ccccc1.CC(C)(C)c1ccccc1.CC(C)(C)c1ccccc1.O=P(O)(O)O. The van der Waals surface area contributed by atoms with Gasteiger partial charge in [0, 0.05) is 0 Å². The molecule has 3 N–H and O–H groups in total. The number of hydrogen-bond donors (Lipinski definition) is 3. The minimum Gasteiger partial charge on any atom is -0.303 e. The van der Waals surface area contributed by atoms with Crippen LogP contribution in [0.15, 0.2) is 91.0 Å². The molecule has 0 fully saturated rings. The van der Waals surface area contributed by atoms with E-state index in [1.54, 1.807) is 0 Å². The van der Waals surface area contributed by atoms with Crippen molar-refractivity contribution in [2.24, 2.45) is 0 Å². The van der Waals surface area contributed by atoms with E-state index in [1.807, 2.05) is 0 Å². The third kappa shape index (κ3) is 17.8. The summed E-state index contributed by atoms with van der Waals surface area (Å²) in [5, 5.41) is 0. The highest BCUT2D eigenvalue weighted by Crippen LogP contribution is 2.26. The molecule has 0 atom stereocenters. The molecule has 0 radical (unpaired) electrons. The molecule has 0 aliphatic heterocycles. The lowest BCUT2D eigenvalue weighted by atomic mass is 9.87. The molecule has 3 aromatic rings. The minimum absolute atomic E-state index is 0.293. The Morgan fingerprint density at radius 1 is 0.429 bits per heavy atom. The quantitative estimate of drug-likeness (QED) is 0.273. The largest absolute Gasteiger partial charge is 0.466 e. The summed E-state index contributed by atoms with van der Waals surface area (Å²) in [4.78, 5) is 21.6. The van der Waals surface area contributed by atoms with Crippen LogP contribution in [0.25, 0.3) is 0 Å². The predicted octanol–water partition coefficient (Wildman–Crippen LogP) is 8.02. The Morgan fingerprint density at radius 3 is 0.657 bits per heavy atom.